The molecule has 1 saturated heterocycles. The largest absolute Gasteiger partial charge is 0.481 e. The molecule has 0 saturated carbocycles. The second kappa shape index (κ2) is 6.95. The first-order valence-electron chi connectivity index (χ1n) is 5.47. The Kier molecular flexibility index (Phi) is 5.86. The predicted molar refractivity (Wildman–Crippen MR) is 60.4 cm³/mol. The van der Waals surface area contributed by atoms with Crippen molar-refractivity contribution in [3.63, 3.8) is 0 Å². The third-order valence-corrected chi connectivity index (χ3v) is 3.91. The van der Waals surface area contributed by atoms with Gasteiger partial charge in [-0.1, -0.05) is 6.42 Å². The Morgan fingerprint density at radius 2 is 1.87 bits per heavy atom. The van der Waals surface area contributed by atoms with E-state index in [-0.39, 0.29) is 6.42 Å². The minimum Gasteiger partial charge on any atom is -0.481 e. The summed E-state index contributed by atoms with van der Waals surface area (Å²) in [6, 6.07) is 0. The molecule has 0 aromatic heterocycles. The molecule has 0 amide bonds. The third-order valence-electron chi connectivity index (χ3n) is 2.64. The zero-order chi connectivity index (χ0) is 11.1. The first kappa shape index (κ1) is 12.6. The molecule has 1 aliphatic heterocycles. The summed E-state index contributed by atoms with van der Waals surface area (Å²) in [7, 11) is -0.595. The molecule has 88 valence electrons. The zero-order valence-corrected chi connectivity index (χ0v) is 9.80. The number of unbranched alkanes of at least 4 members (excludes halogenated alkanes) is 2. The van der Waals surface area contributed by atoms with Crippen molar-refractivity contribution in [2.75, 3.05) is 31.1 Å². The van der Waals surface area contributed by atoms with Crippen LogP contribution in [0.4, 0.5) is 0 Å². The van der Waals surface area contributed by atoms with Crippen LogP contribution >= 0.6 is 0 Å². The molecule has 1 aliphatic rings. The van der Waals surface area contributed by atoms with Gasteiger partial charge in [-0.3, -0.25) is 9.00 Å². The van der Waals surface area contributed by atoms with Gasteiger partial charge in [-0.2, -0.15) is 0 Å². The fourth-order valence-electron chi connectivity index (χ4n) is 1.69. The molecule has 0 aromatic rings. The average Bonchev–Trinajstić information content (AvgIpc) is 2.20. The molecule has 0 atom stereocenters. The molecule has 4 nitrogen and oxygen atoms in total. The van der Waals surface area contributed by atoms with E-state index in [2.05, 4.69) is 4.90 Å². The van der Waals surface area contributed by atoms with Gasteiger partial charge >= 0.3 is 5.97 Å². The number of hydrogen-bond donors (Lipinski definition) is 1. The number of nitrogens with zero attached hydrogens (tertiary/aromatic N) is 1. The summed E-state index contributed by atoms with van der Waals surface area (Å²) >= 11 is 0. The van der Waals surface area contributed by atoms with Crippen molar-refractivity contribution in [3.8, 4) is 0 Å². The second-order valence-corrected chi connectivity index (χ2v) is 5.59. The van der Waals surface area contributed by atoms with E-state index in [4.69, 9.17) is 5.11 Å². The monoisotopic (exact) mass is 233 g/mol. The van der Waals surface area contributed by atoms with Crippen LogP contribution in [0.15, 0.2) is 0 Å². The summed E-state index contributed by atoms with van der Waals surface area (Å²) < 4.78 is 11.1. The summed E-state index contributed by atoms with van der Waals surface area (Å²) in [6.45, 7) is 2.90. The maximum atomic E-state index is 11.1. The standard InChI is InChI=1S/C10H19NO3S/c12-10(13)4-2-1-3-5-11-6-8-15(14)9-7-11/h1-9H2,(H,12,13). The Labute approximate surface area is 93.1 Å². The Balaban J connectivity index is 1.96. The average molecular weight is 233 g/mol. The minimum absolute atomic E-state index is 0.282. The Bertz CT molecular complexity index is 223. The lowest BCUT2D eigenvalue weighted by atomic mass is 10.2. The first-order chi connectivity index (χ1) is 7.18. The molecule has 0 unspecified atom stereocenters. The predicted octanol–water partition coefficient (Wildman–Crippen LogP) is 0.696. The highest BCUT2D eigenvalue weighted by molar-refractivity contribution is 7.85. The molecule has 0 aliphatic carbocycles. The summed E-state index contributed by atoms with van der Waals surface area (Å²) in [5.41, 5.74) is 0. The lowest BCUT2D eigenvalue weighted by molar-refractivity contribution is -0.137. The third kappa shape index (κ3) is 5.89. The quantitative estimate of drug-likeness (QED) is 0.686. The highest BCUT2D eigenvalue weighted by Crippen LogP contribution is 2.05. The maximum absolute atomic E-state index is 11.1. The van der Waals surface area contributed by atoms with Crippen LogP contribution in [0.25, 0.3) is 0 Å². The molecule has 0 aromatic carbocycles. The molecule has 1 rings (SSSR count). The van der Waals surface area contributed by atoms with E-state index in [1.807, 2.05) is 0 Å². The maximum Gasteiger partial charge on any atom is 0.303 e. The summed E-state index contributed by atoms with van der Waals surface area (Å²) in [5, 5.41) is 8.45. The van der Waals surface area contributed by atoms with Gasteiger partial charge < -0.3 is 10.0 Å². The van der Waals surface area contributed by atoms with Crippen molar-refractivity contribution in [2.45, 2.75) is 25.7 Å². The van der Waals surface area contributed by atoms with Crippen molar-refractivity contribution in [3.05, 3.63) is 0 Å². The van der Waals surface area contributed by atoms with Crippen LogP contribution < -0.4 is 0 Å². The van der Waals surface area contributed by atoms with Gasteiger partial charge in [-0.25, -0.2) is 0 Å². The molecule has 5 heteroatoms. The number of hydrogen-bond acceptors (Lipinski definition) is 3. The topological polar surface area (TPSA) is 57.6 Å². The van der Waals surface area contributed by atoms with Crippen LogP contribution in [0, 0.1) is 0 Å². The normalized spacial score (nSPS) is 19.2. The van der Waals surface area contributed by atoms with Gasteiger partial charge in [-0.15, -0.1) is 0 Å². The van der Waals surface area contributed by atoms with Crippen LogP contribution in [-0.4, -0.2) is 51.3 Å². The van der Waals surface area contributed by atoms with Crippen LogP contribution in [0.5, 0.6) is 0 Å². The highest BCUT2D eigenvalue weighted by atomic mass is 32.2. The van der Waals surface area contributed by atoms with E-state index >= 15 is 0 Å². The van der Waals surface area contributed by atoms with E-state index in [1.54, 1.807) is 0 Å². The second-order valence-electron chi connectivity index (χ2n) is 3.89. The molecule has 0 bridgehead atoms. The van der Waals surface area contributed by atoms with E-state index in [0.29, 0.717) is 0 Å². The SMILES string of the molecule is O=C(O)CCCCCN1CCS(=O)CC1. The van der Waals surface area contributed by atoms with E-state index in [9.17, 15) is 9.00 Å². The Morgan fingerprint density at radius 3 is 2.47 bits per heavy atom. The number of carbonyl (C=O) groups is 1. The molecule has 1 fully saturated rings. The molecular weight excluding hydrogens is 214 g/mol. The van der Waals surface area contributed by atoms with E-state index in [0.717, 1.165) is 50.4 Å². The number of carboxylic acids is 1. The van der Waals surface area contributed by atoms with Gasteiger partial charge in [0.15, 0.2) is 0 Å². The highest BCUT2D eigenvalue weighted by Gasteiger charge is 2.13. The van der Waals surface area contributed by atoms with Crippen molar-refractivity contribution in [1.29, 1.82) is 0 Å². The van der Waals surface area contributed by atoms with Crippen molar-refractivity contribution >= 4 is 16.8 Å². The summed E-state index contributed by atoms with van der Waals surface area (Å²) in [4.78, 5) is 12.6. The lowest BCUT2D eigenvalue weighted by Crippen LogP contribution is -2.38. The van der Waals surface area contributed by atoms with Crippen molar-refractivity contribution in [2.24, 2.45) is 0 Å². The number of carboxylic acid groups (broad SMARTS) is 1. The molecule has 0 radical (unpaired) electrons. The van der Waals surface area contributed by atoms with Gasteiger partial charge in [0.25, 0.3) is 0 Å². The fourth-order valence-corrected chi connectivity index (χ4v) is 2.82. The first-order valence-corrected chi connectivity index (χ1v) is 6.96. The molecule has 0 spiro atoms. The smallest absolute Gasteiger partial charge is 0.303 e. The van der Waals surface area contributed by atoms with Crippen LogP contribution in [0.2, 0.25) is 0 Å². The van der Waals surface area contributed by atoms with Crippen LogP contribution in [0.3, 0.4) is 0 Å². The number of aliphatic carboxylic acids is 1. The van der Waals surface area contributed by atoms with Crippen LogP contribution in [0.1, 0.15) is 25.7 Å². The van der Waals surface area contributed by atoms with Gasteiger partial charge in [0.05, 0.1) is 0 Å². The fraction of sp³-hybridized carbons (Fsp3) is 0.900. The van der Waals surface area contributed by atoms with Crippen LogP contribution in [-0.2, 0) is 15.6 Å². The van der Waals surface area contributed by atoms with Gasteiger partial charge in [0.2, 0.25) is 0 Å². The van der Waals surface area contributed by atoms with E-state index in [1.165, 1.54) is 0 Å². The molecule has 15 heavy (non-hydrogen) atoms. The zero-order valence-electron chi connectivity index (χ0n) is 8.98. The molecule has 1 N–H and O–H groups in total. The van der Waals surface area contributed by atoms with Gasteiger partial charge in [-0.05, 0) is 19.4 Å². The summed E-state index contributed by atoms with van der Waals surface area (Å²) in [6.07, 6.45) is 3.09. The number of rotatable bonds is 6. The summed E-state index contributed by atoms with van der Waals surface area (Å²) in [5.74, 6) is 0.896. The van der Waals surface area contributed by atoms with Gasteiger partial charge in [0, 0.05) is 41.8 Å². The minimum atomic E-state index is -0.705. The van der Waals surface area contributed by atoms with Crippen molar-refractivity contribution in [1.82, 2.24) is 4.90 Å². The van der Waals surface area contributed by atoms with E-state index < -0.39 is 16.8 Å². The Hall–Kier alpha value is -0.420. The lowest BCUT2D eigenvalue weighted by Gasteiger charge is -2.25. The molecular formula is C10H19NO3S. The Morgan fingerprint density at radius 1 is 1.20 bits per heavy atom. The molecule has 1 heterocycles. The van der Waals surface area contributed by atoms with Crippen molar-refractivity contribution < 1.29 is 14.1 Å². The van der Waals surface area contributed by atoms with Gasteiger partial charge in [0.1, 0.15) is 0 Å².